The first-order valence-corrected chi connectivity index (χ1v) is 3.52. The number of hydrogen-bond donors (Lipinski definition) is 5. The lowest BCUT2D eigenvalue weighted by Crippen LogP contribution is -2.62. The third-order valence-electron chi connectivity index (χ3n) is 1.91. The van der Waals surface area contributed by atoms with Crippen LogP contribution in [0.5, 0.6) is 0 Å². The Labute approximate surface area is 68.6 Å². The van der Waals surface area contributed by atoms with Crippen molar-refractivity contribution >= 4 is 0 Å². The number of hydrogen-bond acceptors (Lipinski definition) is 6. The van der Waals surface area contributed by atoms with E-state index < -0.39 is 30.7 Å². The van der Waals surface area contributed by atoms with Crippen molar-refractivity contribution in [2.24, 2.45) is 0 Å². The summed E-state index contributed by atoms with van der Waals surface area (Å²) in [7, 11) is 0. The summed E-state index contributed by atoms with van der Waals surface area (Å²) in [6.45, 7) is -1.16. The summed E-state index contributed by atoms with van der Waals surface area (Å²) in [5, 5.41) is 45.0. The van der Waals surface area contributed by atoms with E-state index in [9.17, 15) is 5.11 Å². The van der Waals surface area contributed by atoms with Crippen LogP contribution in [0.15, 0.2) is 0 Å². The highest BCUT2D eigenvalue weighted by Crippen LogP contribution is 2.22. The molecule has 12 heavy (non-hydrogen) atoms. The average Bonchev–Trinajstić information content (AvgIpc) is 2.09. The fraction of sp³-hybridized carbons (Fsp3) is 1.00. The van der Waals surface area contributed by atoms with Gasteiger partial charge in [-0.2, -0.15) is 0 Å². The van der Waals surface area contributed by atoms with Crippen LogP contribution in [0.2, 0.25) is 0 Å². The molecule has 6 nitrogen and oxygen atoms in total. The molecule has 0 spiro atoms. The van der Waals surface area contributed by atoms with E-state index in [0.717, 1.165) is 0 Å². The fourth-order valence-electron chi connectivity index (χ4n) is 1.03. The number of aliphatic hydroxyl groups excluding tert-OH is 4. The average molecular weight is 181 g/mol. The first-order chi connectivity index (χ1) is 5.51. The van der Waals surface area contributed by atoms with Crippen LogP contribution >= 0.6 is 0 Å². The van der Waals surface area contributed by atoms with Gasteiger partial charge in [0.15, 0.2) is 0 Å². The molecule has 0 saturated carbocycles. The minimum Gasteiger partial charge on any atom is -0.391 e. The van der Waals surface area contributed by atoms with E-state index in [-0.39, 0.29) is 6.61 Å². The fourth-order valence-corrected chi connectivity index (χ4v) is 1.03. The van der Waals surface area contributed by atoms with E-state index in [1.165, 1.54) is 0 Å². The van der Waals surface area contributed by atoms with Gasteiger partial charge in [-0.3, -0.25) is 0 Å². The number of rotatable bonds is 1. The SMILES string of the molecule is OC[13C]1(O)OC[C@@H](O)[C@H](O)[C@@H]1O. The van der Waals surface area contributed by atoms with E-state index in [1.807, 2.05) is 0 Å². The molecule has 0 aliphatic carbocycles. The Bertz CT molecular complexity index is 162. The molecule has 1 aliphatic rings. The smallest absolute Gasteiger partial charge is 0.218 e. The number of ether oxygens (including phenoxy) is 1. The van der Waals surface area contributed by atoms with Crippen molar-refractivity contribution in [1.82, 2.24) is 0 Å². The Morgan fingerprint density at radius 1 is 1.33 bits per heavy atom. The molecule has 0 aromatic carbocycles. The van der Waals surface area contributed by atoms with Gasteiger partial charge in [0.25, 0.3) is 0 Å². The van der Waals surface area contributed by atoms with Gasteiger partial charge in [0.2, 0.25) is 5.79 Å². The molecule has 0 amide bonds. The maximum absolute atomic E-state index is 9.24. The molecule has 0 aromatic heterocycles. The van der Waals surface area contributed by atoms with Crippen LogP contribution in [0, 0.1) is 0 Å². The van der Waals surface area contributed by atoms with E-state index in [0.29, 0.717) is 0 Å². The zero-order valence-corrected chi connectivity index (χ0v) is 6.29. The monoisotopic (exact) mass is 181 g/mol. The second-order valence-corrected chi connectivity index (χ2v) is 2.82. The van der Waals surface area contributed by atoms with Gasteiger partial charge in [0.1, 0.15) is 18.3 Å². The Morgan fingerprint density at radius 2 is 1.92 bits per heavy atom. The van der Waals surface area contributed by atoms with Gasteiger partial charge >= 0.3 is 0 Å². The Hall–Kier alpha value is -0.240. The lowest BCUT2D eigenvalue weighted by Gasteiger charge is -2.40. The Morgan fingerprint density at radius 3 is 2.42 bits per heavy atom. The molecule has 0 aromatic rings. The second kappa shape index (κ2) is 3.25. The van der Waals surface area contributed by atoms with Gasteiger partial charge in [-0.25, -0.2) is 0 Å². The van der Waals surface area contributed by atoms with E-state index in [2.05, 4.69) is 4.74 Å². The Kier molecular flexibility index (Phi) is 2.67. The van der Waals surface area contributed by atoms with E-state index in [4.69, 9.17) is 20.4 Å². The zero-order chi connectivity index (χ0) is 9.35. The standard InChI is InChI=1S/C6H12O6/c7-2-6(11)5(10)4(9)3(8)1-12-6/h3-5,7-11H,1-2H2/t3-,4+,5+,6?/m1/s1/i6+1. The first kappa shape index (κ1) is 9.85. The summed E-state index contributed by atoms with van der Waals surface area (Å²) < 4.78 is 4.56. The van der Waals surface area contributed by atoms with Crippen molar-refractivity contribution in [2.75, 3.05) is 13.2 Å². The summed E-state index contributed by atoms with van der Waals surface area (Å²) in [5.41, 5.74) is 0. The van der Waals surface area contributed by atoms with Crippen molar-refractivity contribution in [3.8, 4) is 0 Å². The molecule has 1 saturated heterocycles. The van der Waals surface area contributed by atoms with Gasteiger partial charge in [-0.15, -0.1) is 0 Å². The van der Waals surface area contributed by atoms with Gasteiger partial charge in [0, 0.05) is 0 Å². The molecule has 1 fully saturated rings. The number of aliphatic hydroxyl groups is 5. The van der Waals surface area contributed by atoms with Crippen LogP contribution < -0.4 is 0 Å². The molecule has 72 valence electrons. The molecular formula is C6H12O6. The topological polar surface area (TPSA) is 110 Å². The molecule has 0 radical (unpaired) electrons. The van der Waals surface area contributed by atoms with Crippen molar-refractivity contribution in [2.45, 2.75) is 24.1 Å². The van der Waals surface area contributed by atoms with Crippen LogP contribution in [-0.2, 0) is 4.74 Å². The summed E-state index contributed by atoms with van der Waals surface area (Å²) in [5.74, 6) is -2.17. The van der Waals surface area contributed by atoms with Crippen molar-refractivity contribution < 1.29 is 30.3 Å². The minimum absolute atomic E-state index is 0.324. The molecule has 1 aliphatic heterocycles. The van der Waals surface area contributed by atoms with Crippen molar-refractivity contribution in [3.05, 3.63) is 0 Å². The highest BCUT2D eigenvalue weighted by Gasteiger charge is 2.47. The maximum atomic E-state index is 9.24. The van der Waals surface area contributed by atoms with Gasteiger partial charge in [0.05, 0.1) is 13.2 Å². The third-order valence-corrected chi connectivity index (χ3v) is 1.91. The molecule has 4 atom stereocenters. The van der Waals surface area contributed by atoms with Crippen LogP contribution in [0.4, 0.5) is 0 Å². The van der Waals surface area contributed by atoms with E-state index >= 15 is 0 Å². The molecule has 6 heteroatoms. The minimum atomic E-state index is -2.17. The second-order valence-electron chi connectivity index (χ2n) is 2.82. The quantitative estimate of drug-likeness (QED) is 0.272. The molecule has 0 bridgehead atoms. The lowest BCUT2D eigenvalue weighted by atomic mass is 10.1. The van der Waals surface area contributed by atoms with Crippen molar-refractivity contribution in [3.63, 3.8) is 0 Å². The zero-order valence-electron chi connectivity index (χ0n) is 6.29. The third kappa shape index (κ3) is 1.45. The lowest BCUT2D eigenvalue weighted by molar-refractivity contribution is -0.331. The predicted octanol–water partition coefficient (Wildman–Crippen LogP) is -3.22. The molecule has 1 unspecified atom stereocenters. The summed E-state index contributed by atoms with van der Waals surface area (Å²) >= 11 is 0. The van der Waals surface area contributed by atoms with E-state index in [1.54, 1.807) is 0 Å². The Balaban J connectivity index is 2.71. The normalized spacial score (nSPS) is 49.2. The van der Waals surface area contributed by atoms with Crippen molar-refractivity contribution in [1.29, 1.82) is 0 Å². The first-order valence-electron chi connectivity index (χ1n) is 3.52. The van der Waals surface area contributed by atoms with Gasteiger partial charge in [-0.05, 0) is 0 Å². The van der Waals surface area contributed by atoms with Crippen LogP contribution in [-0.4, -0.2) is 62.8 Å². The molecule has 5 N–H and O–H groups in total. The van der Waals surface area contributed by atoms with Crippen LogP contribution in [0.1, 0.15) is 0 Å². The molecule has 1 heterocycles. The molecule has 1 rings (SSSR count). The highest BCUT2D eigenvalue weighted by molar-refractivity contribution is 4.90. The van der Waals surface area contributed by atoms with Crippen LogP contribution in [0.25, 0.3) is 0 Å². The summed E-state index contributed by atoms with van der Waals surface area (Å²) in [4.78, 5) is 0. The highest BCUT2D eigenvalue weighted by atomic mass is 16.8. The largest absolute Gasteiger partial charge is 0.391 e. The van der Waals surface area contributed by atoms with Crippen LogP contribution in [0.3, 0.4) is 0 Å². The molecular weight excluding hydrogens is 169 g/mol. The summed E-state index contributed by atoms with van der Waals surface area (Å²) in [6, 6.07) is 0. The maximum Gasteiger partial charge on any atom is 0.218 e. The predicted molar refractivity (Wildman–Crippen MR) is 36.0 cm³/mol. The van der Waals surface area contributed by atoms with Gasteiger partial charge in [-0.1, -0.05) is 0 Å². The van der Waals surface area contributed by atoms with Gasteiger partial charge < -0.3 is 30.3 Å². The summed E-state index contributed by atoms with van der Waals surface area (Å²) in [6.07, 6.45) is -4.45.